The molecule has 3 N–H and O–H groups in total. The number of nitrogens with two attached hydrogens (primary N) is 1. The van der Waals surface area contributed by atoms with Gasteiger partial charge in [-0.05, 0) is 17.4 Å². The molecular weight excluding hydrogens is 228 g/mol. The summed E-state index contributed by atoms with van der Waals surface area (Å²) in [6, 6.07) is 1.85. The second-order valence-electron chi connectivity index (χ2n) is 3.63. The average Bonchev–Trinajstić information content (AvgIpc) is 2.54. The third-order valence-corrected chi connectivity index (χ3v) is 2.98. The second-order valence-corrected chi connectivity index (χ2v) is 4.88. The molecule has 1 heterocycles. The predicted octanol–water partition coefficient (Wildman–Crippen LogP) is 2.24. The Kier molecular flexibility index (Phi) is 4.23. The standard InChI is InChI=1S/C10H14N2OS2/c1-6(2)8(9(11)14)10(13)12-7-3-4-15-5-7/h3-6,8H,1-2H3,(H2,11,14)(H,12,13). The summed E-state index contributed by atoms with van der Waals surface area (Å²) in [5, 5.41) is 6.56. The van der Waals surface area contributed by atoms with Gasteiger partial charge in [-0.25, -0.2) is 0 Å². The third kappa shape index (κ3) is 3.28. The van der Waals surface area contributed by atoms with Crippen molar-refractivity contribution in [1.29, 1.82) is 0 Å². The van der Waals surface area contributed by atoms with E-state index in [-0.39, 0.29) is 16.8 Å². The molecule has 0 bridgehead atoms. The van der Waals surface area contributed by atoms with Crippen LogP contribution in [0, 0.1) is 11.8 Å². The molecule has 5 heteroatoms. The molecule has 0 aliphatic carbocycles. The van der Waals surface area contributed by atoms with Crippen molar-refractivity contribution in [2.24, 2.45) is 17.6 Å². The van der Waals surface area contributed by atoms with Crippen LogP contribution in [0.15, 0.2) is 16.8 Å². The highest BCUT2D eigenvalue weighted by Crippen LogP contribution is 2.17. The van der Waals surface area contributed by atoms with Crippen LogP contribution in [0.4, 0.5) is 5.69 Å². The molecule has 0 spiro atoms. The summed E-state index contributed by atoms with van der Waals surface area (Å²) in [4.78, 5) is 12.1. The van der Waals surface area contributed by atoms with Gasteiger partial charge in [0.05, 0.1) is 16.6 Å². The van der Waals surface area contributed by atoms with E-state index < -0.39 is 5.92 Å². The molecule has 1 aromatic heterocycles. The van der Waals surface area contributed by atoms with Crippen LogP contribution in [0.1, 0.15) is 13.8 Å². The summed E-state index contributed by atoms with van der Waals surface area (Å²) >= 11 is 6.42. The smallest absolute Gasteiger partial charge is 0.234 e. The monoisotopic (exact) mass is 242 g/mol. The quantitative estimate of drug-likeness (QED) is 0.796. The lowest BCUT2D eigenvalue weighted by Crippen LogP contribution is -2.36. The first-order valence-electron chi connectivity index (χ1n) is 4.64. The third-order valence-electron chi connectivity index (χ3n) is 2.04. The number of hydrogen-bond acceptors (Lipinski definition) is 3. The molecule has 1 atom stereocenters. The zero-order valence-corrected chi connectivity index (χ0v) is 10.3. The van der Waals surface area contributed by atoms with Crippen LogP contribution >= 0.6 is 23.6 Å². The molecule has 0 radical (unpaired) electrons. The van der Waals surface area contributed by atoms with Crippen LogP contribution in [0.25, 0.3) is 0 Å². The van der Waals surface area contributed by atoms with E-state index in [9.17, 15) is 4.79 Å². The van der Waals surface area contributed by atoms with Gasteiger partial charge in [0, 0.05) is 5.38 Å². The molecule has 0 saturated heterocycles. The Balaban J connectivity index is 2.69. The molecule has 1 amide bonds. The molecule has 1 rings (SSSR count). The normalized spacial score (nSPS) is 12.5. The topological polar surface area (TPSA) is 55.1 Å². The van der Waals surface area contributed by atoms with Crippen LogP contribution in [0.5, 0.6) is 0 Å². The van der Waals surface area contributed by atoms with Crippen molar-refractivity contribution in [3.8, 4) is 0 Å². The minimum Gasteiger partial charge on any atom is -0.393 e. The van der Waals surface area contributed by atoms with Gasteiger partial charge in [-0.1, -0.05) is 26.1 Å². The van der Waals surface area contributed by atoms with E-state index in [2.05, 4.69) is 5.32 Å². The van der Waals surface area contributed by atoms with Crippen molar-refractivity contribution >= 4 is 40.1 Å². The number of thiophene rings is 1. The van der Waals surface area contributed by atoms with Crippen LogP contribution < -0.4 is 11.1 Å². The minimum atomic E-state index is -0.403. The first-order chi connectivity index (χ1) is 7.02. The molecule has 1 aromatic rings. The number of thiocarbonyl (C=S) groups is 1. The zero-order chi connectivity index (χ0) is 11.4. The molecular formula is C10H14N2OS2. The maximum absolute atomic E-state index is 11.8. The Hall–Kier alpha value is -0.940. The predicted molar refractivity (Wildman–Crippen MR) is 68.1 cm³/mol. The largest absolute Gasteiger partial charge is 0.393 e. The highest BCUT2D eigenvalue weighted by Gasteiger charge is 2.24. The Labute approximate surface area is 98.7 Å². The molecule has 3 nitrogen and oxygen atoms in total. The van der Waals surface area contributed by atoms with Gasteiger partial charge in [-0.15, -0.1) is 0 Å². The number of carbonyl (C=O) groups excluding carboxylic acids is 1. The highest BCUT2D eigenvalue weighted by atomic mass is 32.1. The summed E-state index contributed by atoms with van der Waals surface area (Å²) in [7, 11) is 0. The summed E-state index contributed by atoms with van der Waals surface area (Å²) in [5.74, 6) is -0.420. The number of amides is 1. The fourth-order valence-electron chi connectivity index (χ4n) is 1.32. The molecule has 0 aliphatic heterocycles. The fraction of sp³-hybridized carbons (Fsp3) is 0.400. The lowest BCUT2D eigenvalue weighted by Gasteiger charge is -2.18. The lowest BCUT2D eigenvalue weighted by molar-refractivity contribution is -0.118. The molecule has 0 aliphatic rings. The summed E-state index contributed by atoms with van der Waals surface area (Å²) in [5.41, 5.74) is 6.34. The number of rotatable bonds is 4. The van der Waals surface area contributed by atoms with Gasteiger partial charge in [0.15, 0.2) is 0 Å². The van der Waals surface area contributed by atoms with Crippen LogP contribution in [-0.2, 0) is 4.79 Å². The van der Waals surface area contributed by atoms with Crippen LogP contribution in [-0.4, -0.2) is 10.9 Å². The SMILES string of the molecule is CC(C)C(C(=O)Nc1ccsc1)C(N)=S. The summed E-state index contributed by atoms with van der Waals surface area (Å²) in [6.07, 6.45) is 0. The number of nitrogens with one attached hydrogen (secondary N) is 1. The van der Waals surface area contributed by atoms with E-state index in [1.165, 1.54) is 11.3 Å². The van der Waals surface area contributed by atoms with Gasteiger partial charge < -0.3 is 11.1 Å². The van der Waals surface area contributed by atoms with E-state index in [1.807, 2.05) is 30.7 Å². The van der Waals surface area contributed by atoms with E-state index in [0.717, 1.165) is 5.69 Å². The van der Waals surface area contributed by atoms with Crippen LogP contribution in [0.3, 0.4) is 0 Å². The Morgan fingerprint density at radius 3 is 2.67 bits per heavy atom. The van der Waals surface area contributed by atoms with Crippen molar-refractivity contribution in [3.05, 3.63) is 16.8 Å². The van der Waals surface area contributed by atoms with Crippen molar-refractivity contribution in [1.82, 2.24) is 0 Å². The maximum atomic E-state index is 11.8. The summed E-state index contributed by atoms with van der Waals surface area (Å²) in [6.45, 7) is 3.86. The van der Waals surface area contributed by atoms with Gasteiger partial charge in [-0.3, -0.25) is 4.79 Å². The first kappa shape index (κ1) is 12.1. The number of hydrogen-bond donors (Lipinski definition) is 2. The molecule has 15 heavy (non-hydrogen) atoms. The molecule has 82 valence electrons. The fourth-order valence-corrected chi connectivity index (χ4v) is 2.28. The molecule has 0 aromatic carbocycles. The Bertz CT molecular complexity index is 346. The minimum absolute atomic E-state index is 0.112. The molecule has 0 saturated carbocycles. The molecule has 1 unspecified atom stereocenters. The van der Waals surface area contributed by atoms with Crippen molar-refractivity contribution < 1.29 is 4.79 Å². The van der Waals surface area contributed by atoms with E-state index in [4.69, 9.17) is 18.0 Å². The van der Waals surface area contributed by atoms with Crippen molar-refractivity contribution in [3.63, 3.8) is 0 Å². The van der Waals surface area contributed by atoms with Crippen molar-refractivity contribution in [2.45, 2.75) is 13.8 Å². The van der Waals surface area contributed by atoms with E-state index in [0.29, 0.717) is 0 Å². The Morgan fingerprint density at radius 1 is 1.60 bits per heavy atom. The van der Waals surface area contributed by atoms with Gasteiger partial charge in [0.25, 0.3) is 0 Å². The number of anilines is 1. The first-order valence-corrected chi connectivity index (χ1v) is 6.00. The van der Waals surface area contributed by atoms with Gasteiger partial charge in [-0.2, -0.15) is 11.3 Å². The van der Waals surface area contributed by atoms with Gasteiger partial charge in [0.2, 0.25) is 5.91 Å². The second kappa shape index (κ2) is 5.23. The van der Waals surface area contributed by atoms with E-state index in [1.54, 1.807) is 0 Å². The summed E-state index contributed by atoms with van der Waals surface area (Å²) < 4.78 is 0. The van der Waals surface area contributed by atoms with E-state index >= 15 is 0 Å². The van der Waals surface area contributed by atoms with Gasteiger partial charge >= 0.3 is 0 Å². The van der Waals surface area contributed by atoms with Crippen LogP contribution in [0.2, 0.25) is 0 Å². The number of carbonyl (C=O) groups is 1. The zero-order valence-electron chi connectivity index (χ0n) is 8.69. The van der Waals surface area contributed by atoms with Gasteiger partial charge in [0.1, 0.15) is 0 Å². The Morgan fingerprint density at radius 2 is 2.27 bits per heavy atom. The lowest BCUT2D eigenvalue weighted by atomic mass is 9.95. The average molecular weight is 242 g/mol. The maximum Gasteiger partial charge on any atom is 0.234 e. The van der Waals surface area contributed by atoms with Crippen molar-refractivity contribution in [2.75, 3.05) is 5.32 Å². The molecule has 0 fully saturated rings. The highest BCUT2D eigenvalue weighted by molar-refractivity contribution is 7.80.